The number of phenolic OH excluding ortho intramolecular Hbond substituents is 2. The summed E-state index contributed by atoms with van der Waals surface area (Å²) in [6, 6.07) is 9.65. The van der Waals surface area contributed by atoms with Crippen LogP contribution >= 0.6 is 0 Å². The Morgan fingerprint density at radius 3 is 2.75 bits per heavy atom. The molecule has 24 heavy (non-hydrogen) atoms. The summed E-state index contributed by atoms with van der Waals surface area (Å²) in [4.78, 5) is 17.8. The summed E-state index contributed by atoms with van der Waals surface area (Å²) in [5.74, 6) is -0.556. The van der Waals surface area contributed by atoms with Gasteiger partial charge in [0.15, 0.2) is 22.8 Å². The van der Waals surface area contributed by atoms with Gasteiger partial charge in [-0.05, 0) is 30.3 Å². The van der Waals surface area contributed by atoms with Gasteiger partial charge in [-0.3, -0.25) is 4.98 Å². The van der Waals surface area contributed by atoms with E-state index < -0.39 is 5.76 Å². The van der Waals surface area contributed by atoms with Crippen LogP contribution in [0.25, 0.3) is 22.4 Å². The van der Waals surface area contributed by atoms with Gasteiger partial charge >= 0.3 is 5.76 Å². The molecule has 0 atom stereocenters. The molecule has 0 fully saturated rings. The molecule has 8 nitrogen and oxygen atoms in total. The molecule has 0 spiro atoms. The number of rotatable bonds is 3. The lowest BCUT2D eigenvalue weighted by molar-refractivity contribution is 0.404. The molecule has 4 rings (SSSR count). The Morgan fingerprint density at radius 1 is 1.04 bits per heavy atom. The maximum Gasteiger partial charge on any atom is 0.417 e. The zero-order valence-electron chi connectivity index (χ0n) is 12.1. The fourth-order valence-corrected chi connectivity index (χ4v) is 2.29. The maximum atomic E-state index is 11.2. The van der Waals surface area contributed by atoms with Gasteiger partial charge in [0.05, 0.1) is 11.7 Å². The number of aromatic hydroxyl groups is 2. The lowest BCUT2D eigenvalue weighted by Crippen LogP contribution is -1.92. The molecule has 0 aliphatic carbocycles. The van der Waals surface area contributed by atoms with Crippen molar-refractivity contribution >= 4 is 22.8 Å². The van der Waals surface area contributed by atoms with Crippen LogP contribution in [0.15, 0.2) is 56.2 Å². The lowest BCUT2D eigenvalue weighted by atomic mass is 10.1. The van der Waals surface area contributed by atoms with Gasteiger partial charge in [0, 0.05) is 17.3 Å². The van der Waals surface area contributed by atoms with E-state index in [1.807, 2.05) is 0 Å². The molecule has 2 aromatic carbocycles. The minimum absolute atomic E-state index is 0.210. The van der Waals surface area contributed by atoms with E-state index in [4.69, 9.17) is 8.83 Å². The Kier molecular flexibility index (Phi) is 3.02. The second kappa shape index (κ2) is 5.20. The first-order valence-electron chi connectivity index (χ1n) is 6.96. The molecular weight excluding hydrogens is 314 g/mol. The second-order valence-electron chi connectivity index (χ2n) is 5.08. The average Bonchev–Trinajstić information content (AvgIpc) is 3.15. The molecule has 4 N–H and O–H groups in total. The average molecular weight is 325 g/mol. The largest absolute Gasteiger partial charge is 0.504 e. The summed E-state index contributed by atoms with van der Waals surface area (Å²) in [7, 11) is 0. The number of nitrogens with zero attached hydrogens (tertiary/aromatic N) is 1. The van der Waals surface area contributed by atoms with Gasteiger partial charge in [0.25, 0.3) is 6.01 Å². The summed E-state index contributed by atoms with van der Waals surface area (Å²) in [5.41, 5.74) is 2.21. The third-order valence-corrected chi connectivity index (χ3v) is 3.44. The van der Waals surface area contributed by atoms with Crippen LogP contribution in [0.3, 0.4) is 0 Å². The molecule has 0 amide bonds. The van der Waals surface area contributed by atoms with Crippen molar-refractivity contribution in [2.45, 2.75) is 0 Å². The van der Waals surface area contributed by atoms with E-state index in [9.17, 15) is 15.0 Å². The number of nitrogens with one attached hydrogen (secondary N) is 2. The predicted molar refractivity (Wildman–Crippen MR) is 85.4 cm³/mol. The highest BCUT2D eigenvalue weighted by Crippen LogP contribution is 2.32. The Balaban J connectivity index is 1.61. The molecule has 0 saturated heterocycles. The number of H-pyrrole nitrogens is 1. The van der Waals surface area contributed by atoms with Crippen molar-refractivity contribution in [2.75, 3.05) is 5.32 Å². The number of anilines is 2. The van der Waals surface area contributed by atoms with Crippen LogP contribution in [0.1, 0.15) is 0 Å². The molecule has 8 heteroatoms. The number of benzene rings is 2. The molecule has 0 aliphatic heterocycles. The van der Waals surface area contributed by atoms with Crippen molar-refractivity contribution < 1.29 is 19.0 Å². The van der Waals surface area contributed by atoms with E-state index in [0.29, 0.717) is 28.1 Å². The number of aromatic nitrogens is 2. The normalized spacial score (nSPS) is 11.0. The first-order chi connectivity index (χ1) is 11.6. The first kappa shape index (κ1) is 13.9. The Morgan fingerprint density at radius 2 is 1.92 bits per heavy atom. The number of phenols is 2. The fraction of sp³-hybridized carbons (Fsp3) is 0. The van der Waals surface area contributed by atoms with E-state index in [1.165, 1.54) is 18.3 Å². The molecule has 0 unspecified atom stereocenters. The van der Waals surface area contributed by atoms with Gasteiger partial charge in [-0.25, -0.2) is 9.78 Å². The highest BCUT2D eigenvalue weighted by Gasteiger charge is 2.10. The van der Waals surface area contributed by atoms with Crippen LogP contribution in [0.5, 0.6) is 11.5 Å². The van der Waals surface area contributed by atoms with E-state index >= 15 is 0 Å². The van der Waals surface area contributed by atoms with Crippen LogP contribution in [0.4, 0.5) is 11.7 Å². The van der Waals surface area contributed by atoms with Crippen LogP contribution in [-0.2, 0) is 0 Å². The fourth-order valence-electron chi connectivity index (χ4n) is 2.29. The molecule has 0 radical (unpaired) electrons. The zero-order chi connectivity index (χ0) is 16.7. The highest BCUT2D eigenvalue weighted by molar-refractivity contribution is 5.77. The van der Waals surface area contributed by atoms with Crippen LogP contribution in [-0.4, -0.2) is 20.2 Å². The smallest absolute Gasteiger partial charge is 0.417 e. The lowest BCUT2D eigenvalue weighted by Gasteiger charge is -2.02. The van der Waals surface area contributed by atoms with Crippen LogP contribution in [0, 0.1) is 0 Å². The van der Waals surface area contributed by atoms with Crippen molar-refractivity contribution in [1.29, 1.82) is 0 Å². The van der Waals surface area contributed by atoms with Gasteiger partial charge < -0.3 is 24.4 Å². The van der Waals surface area contributed by atoms with Gasteiger partial charge in [-0.15, -0.1) is 0 Å². The summed E-state index contributed by atoms with van der Waals surface area (Å²) in [6.45, 7) is 0. The molecular formula is C16H11N3O5. The molecule has 0 saturated carbocycles. The van der Waals surface area contributed by atoms with E-state index in [2.05, 4.69) is 15.3 Å². The number of fused-ring (bicyclic) bond motifs is 1. The predicted octanol–water partition coefficient (Wildman–Crippen LogP) is 2.93. The Hall–Kier alpha value is -3.68. The SMILES string of the molecule is O=c1[nH]c2ccc(Nc3ncc(-c4ccc(O)c(O)c4)o3)cc2o1. The summed E-state index contributed by atoms with van der Waals surface area (Å²) < 4.78 is 10.6. The standard InChI is InChI=1S/C16H11N3O5/c20-11-4-1-8(5-12(11)21)14-7-17-15(23-14)18-9-2-3-10-13(6-9)24-16(22)19-10/h1-7,20-21H,(H,17,18)(H,19,22). The van der Waals surface area contributed by atoms with Crippen molar-refractivity contribution in [1.82, 2.24) is 9.97 Å². The third kappa shape index (κ3) is 2.45. The quantitative estimate of drug-likeness (QED) is 0.427. The van der Waals surface area contributed by atoms with Gasteiger partial charge in [-0.1, -0.05) is 0 Å². The summed E-state index contributed by atoms with van der Waals surface area (Å²) in [5, 5.41) is 21.8. The second-order valence-corrected chi connectivity index (χ2v) is 5.08. The molecule has 0 bridgehead atoms. The van der Waals surface area contributed by atoms with Crippen molar-refractivity contribution in [3.05, 3.63) is 53.1 Å². The summed E-state index contributed by atoms with van der Waals surface area (Å²) >= 11 is 0. The highest BCUT2D eigenvalue weighted by atomic mass is 16.4. The molecule has 2 aromatic heterocycles. The van der Waals surface area contributed by atoms with Gasteiger partial charge in [0.1, 0.15) is 0 Å². The number of aromatic amines is 1. The zero-order valence-corrected chi connectivity index (χ0v) is 12.1. The number of oxazole rings is 2. The summed E-state index contributed by atoms with van der Waals surface area (Å²) in [6.07, 6.45) is 1.49. The van der Waals surface area contributed by atoms with Crippen LogP contribution in [0.2, 0.25) is 0 Å². The van der Waals surface area contributed by atoms with E-state index in [0.717, 1.165) is 0 Å². The monoisotopic (exact) mass is 325 g/mol. The Bertz CT molecular complexity index is 1090. The maximum absolute atomic E-state index is 11.2. The molecule has 2 heterocycles. The van der Waals surface area contributed by atoms with Gasteiger partial charge in [0.2, 0.25) is 0 Å². The molecule has 120 valence electrons. The minimum Gasteiger partial charge on any atom is -0.504 e. The van der Waals surface area contributed by atoms with Crippen molar-refractivity contribution in [3.63, 3.8) is 0 Å². The molecule has 4 aromatic rings. The van der Waals surface area contributed by atoms with E-state index in [-0.39, 0.29) is 17.5 Å². The number of hydrogen-bond acceptors (Lipinski definition) is 7. The van der Waals surface area contributed by atoms with Crippen molar-refractivity contribution in [2.24, 2.45) is 0 Å². The molecule has 0 aliphatic rings. The van der Waals surface area contributed by atoms with Crippen molar-refractivity contribution in [3.8, 4) is 22.8 Å². The van der Waals surface area contributed by atoms with Crippen LogP contribution < -0.4 is 11.1 Å². The third-order valence-electron chi connectivity index (χ3n) is 3.44. The topological polar surface area (TPSA) is 125 Å². The Labute approximate surface area is 134 Å². The minimum atomic E-state index is -0.521. The van der Waals surface area contributed by atoms with Gasteiger partial charge in [-0.2, -0.15) is 0 Å². The number of hydrogen-bond donors (Lipinski definition) is 4. The van der Waals surface area contributed by atoms with E-state index in [1.54, 1.807) is 24.3 Å². The first-order valence-corrected chi connectivity index (χ1v) is 6.96.